The van der Waals surface area contributed by atoms with Gasteiger partial charge in [0, 0.05) is 17.8 Å². The van der Waals surface area contributed by atoms with Gasteiger partial charge in [-0.15, -0.1) is 0 Å². The van der Waals surface area contributed by atoms with Crippen LogP contribution in [0.25, 0.3) is 0 Å². The molecule has 7 heteroatoms. The van der Waals surface area contributed by atoms with E-state index in [4.69, 9.17) is 4.74 Å². The highest BCUT2D eigenvalue weighted by Gasteiger charge is 2.47. The molecule has 186 valence electrons. The van der Waals surface area contributed by atoms with Gasteiger partial charge in [-0.25, -0.2) is 4.79 Å². The van der Waals surface area contributed by atoms with Gasteiger partial charge in [-0.2, -0.15) is 0 Å². The van der Waals surface area contributed by atoms with Crippen LogP contribution in [0.5, 0.6) is 0 Å². The Morgan fingerprint density at radius 3 is 2.44 bits per heavy atom. The molecule has 2 atom stereocenters. The van der Waals surface area contributed by atoms with Crippen LogP contribution in [0.15, 0.2) is 78.9 Å². The van der Waals surface area contributed by atoms with Crippen molar-refractivity contribution in [2.24, 2.45) is 5.92 Å². The summed E-state index contributed by atoms with van der Waals surface area (Å²) in [6.07, 6.45) is -1.37. The fourth-order valence-electron chi connectivity index (χ4n) is 4.18. The average Bonchev–Trinajstić information content (AvgIpc) is 3.19. The predicted octanol–water partition coefficient (Wildman–Crippen LogP) is 5.08. The van der Waals surface area contributed by atoms with E-state index in [2.05, 4.69) is 10.6 Å². The number of aryl methyl sites for hydroxylation is 1. The van der Waals surface area contributed by atoms with E-state index in [0.717, 1.165) is 11.1 Å². The molecule has 3 aromatic carbocycles. The lowest BCUT2D eigenvalue weighted by atomic mass is 9.99. The molecule has 0 spiro atoms. The summed E-state index contributed by atoms with van der Waals surface area (Å²) in [5.74, 6) is -0.256. The maximum atomic E-state index is 13.3. The van der Waals surface area contributed by atoms with Gasteiger partial charge in [0.15, 0.2) is 12.1 Å². The number of carbonyl (C=O) groups is 3. The molecule has 1 saturated heterocycles. The SMILES string of the molecule is Cc1cccc(C(=O)Nc2cccc(C3OC(=O)N(Cc4ccccc4)C3C(=O)NCC(C)C)c2)c1. The molecule has 4 rings (SSSR count). The third-order valence-corrected chi connectivity index (χ3v) is 5.99. The largest absolute Gasteiger partial charge is 0.438 e. The van der Waals surface area contributed by atoms with Crippen LogP contribution in [-0.4, -0.2) is 35.4 Å². The first-order valence-electron chi connectivity index (χ1n) is 12.1. The second kappa shape index (κ2) is 11.1. The number of cyclic esters (lactones) is 1. The molecule has 0 saturated carbocycles. The third-order valence-electron chi connectivity index (χ3n) is 5.99. The standard InChI is InChI=1S/C29H31N3O4/c1-19(2)17-30-28(34)25-26(36-29(35)32(25)18-21-10-5-4-6-11-21)22-12-8-14-24(16-22)31-27(33)23-13-7-9-20(3)15-23/h4-16,19,25-26H,17-18H2,1-3H3,(H,30,34)(H,31,33). The predicted molar refractivity (Wildman–Crippen MR) is 138 cm³/mol. The fourth-order valence-corrected chi connectivity index (χ4v) is 4.18. The molecule has 1 heterocycles. The Morgan fingerprint density at radius 1 is 0.972 bits per heavy atom. The molecule has 2 unspecified atom stereocenters. The lowest BCUT2D eigenvalue weighted by molar-refractivity contribution is -0.126. The summed E-state index contributed by atoms with van der Waals surface area (Å²) in [7, 11) is 0. The Kier molecular flexibility index (Phi) is 7.68. The summed E-state index contributed by atoms with van der Waals surface area (Å²) in [5.41, 5.74) is 3.62. The van der Waals surface area contributed by atoms with E-state index in [1.807, 2.05) is 69.3 Å². The number of nitrogens with one attached hydrogen (secondary N) is 2. The summed E-state index contributed by atoms with van der Waals surface area (Å²) < 4.78 is 5.75. The molecule has 36 heavy (non-hydrogen) atoms. The molecule has 1 fully saturated rings. The highest BCUT2D eigenvalue weighted by molar-refractivity contribution is 6.04. The molecule has 0 bridgehead atoms. The number of hydrogen-bond donors (Lipinski definition) is 2. The van der Waals surface area contributed by atoms with Crippen LogP contribution in [-0.2, 0) is 16.1 Å². The second-order valence-electron chi connectivity index (χ2n) is 9.45. The number of benzene rings is 3. The van der Waals surface area contributed by atoms with Crippen LogP contribution in [0, 0.1) is 12.8 Å². The number of hydrogen-bond acceptors (Lipinski definition) is 4. The quantitative estimate of drug-likeness (QED) is 0.466. The van der Waals surface area contributed by atoms with Crippen molar-refractivity contribution in [3.8, 4) is 0 Å². The molecule has 1 aliphatic heterocycles. The van der Waals surface area contributed by atoms with E-state index in [0.29, 0.717) is 23.4 Å². The van der Waals surface area contributed by atoms with Crippen LogP contribution in [0.2, 0.25) is 0 Å². The molecule has 0 radical (unpaired) electrons. The maximum Gasteiger partial charge on any atom is 0.411 e. The molecule has 1 aliphatic rings. The summed E-state index contributed by atoms with van der Waals surface area (Å²) in [4.78, 5) is 40.5. The van der Waals surface area contributed by atoms with E-state index in [-0.39, 0.29) is 24.3 Å². The minimum absolute atomic E-state index is 0.240. The molecular formula is C29H31N3O4. The molecule has 0 aliphatic carbocycles. The number of carbonyl (C=O) groups excluding carboxylic acids is 3. The first-order valence-corrected chi connectivity index (χ1v) is 12.1. The lowest BCUT2D eigenvalue weighted by Crippen LogP contribution is -2.47. The van der Waals surface area contributed by atoms with Crippen LogP contribution >= 0.6 is 0 Å². The molecule has 2 N–H and O–H groups in total. The summed E-state index contributed by atoms with van der Waals surface area (Å²) >= 11 is 0. The molecular weight excluding hydrogens is 454 g/mol. The topological polar surface area (TPSA) is 87.7 Å². The van der Waals surface area contributed by atoms with Gasteiger partial charge < -0.3 is 15.4 Å². The van der Waals surface area contributed by atoms with Gasteiger partial charge >= 0.3 is 6.09 Å². The Balaban J connectivity index is 1.60. The van der Waals surface area contributed by atoms with Crippen molar-refractivity contribution in [2.75, 3.05) is 11.9 Å². The van der Waals surface area contributed by atoms with Crippen molar-refractivity contribution in [3.63, 3.8) is 0 Å². The van der Waals surface area contributed by atoms with Gasteiger partial charge in [0.25, 0.3) is 5.91 Å². The zero-order valence-corrected chi connectivity index (χ0v) is 20.7. The first-order chi connectivity index (χ1) is 17.3. The number of ether oxygens (including phenoxy) is 1. The number of amides is 3. The van der Waals surface area contributed by atoms with Crippen LogP contribution in [0.3, 0.4) is 0 Å². The summed E-state index contributed by atoms with van der Waals surface area (Å²) in [6, 6.07) is 23.1. The Labute approximate surface area is 211 Å². The molecule has 3 amide bonds. The van der Waals surface area contributed by atoms with Crippen molar-refractivity contribution >= 4 is 23.6 Å². The lowest BCUT2D eigenvalue weighted by Gasteiger charge is -2.25. The van der Waals surface area contributed by atoms with E-state index >= 15 is 0 Å². The van der Waals surface area contributed by atoms with Gasteiger partial charge in [0.1, 0.15) is 0 Å². The average molecular weight is 486 g/mol. The van der Waals surface area contributed by atoms with E-state index in [1.54, 1.807) is 30.3 Å². The summed E-state index contributed by atoms with van der Waals surface area (Å²) in [5, 5.41) is 5.85. The first kappa shape index (κ1) is 25.0. The second-order valence-corrected chi connectivity index (χ2v) is 9.45. The van der Waals surface area contributed by atoms with Crippen LogP contribution < -0.4 is 10.6 Å². The molecule has 0 aromatic heterocycles. The minimum atomic E-state index is -0.848. The van der Waals surface area contributed by atoms with Crippen LogP contribution in [0.1, 0.15) is 47.0 Å². The monoisotopic (exact) mass is 485 g/mol. The van der Waals surface area contributed by atoms with Gasteiger partial charge in [-0.1, -0.05) is 74.0 Å². The fraction of sp³-hybridized carbons (Fsp3) is 0.276. The normalized spacial score (nSPS) is 17.1. The number of nitrogens with zero attached hydrogens (tertiary/aromatic N) is 1. The molecule has 7 nitrogen and oxygen atoms in total. The van der Waals surface area contributed by atoms with Gasteiger partial charge in [-0.3, -0.25) is 14.5 Å². The Bertz CT molecular complexity index is 1240. The van der Waals surface area contributed by atoms with Crippen molar-refractivity contribution in [1.82, 2.24) is 10.2 Å². The Hall–Kier alpha value is -4.13. The Morgan fingerprint density at radius 2 is 1.72 bits per heavy atom. The van der Waals surface area contributed by atoms with Gasteiger partial charge in [-0.05, 0) is 48.2 Å². The zero-order chi connectivity index (χ0) is 25.7. The van der Waals surface area contributed by atoms with E-state index in [9.17, 15) is 14.4 Å². The summed E-state index contributed by atoms with van der Waals surface area (Å²) in [6.45, 7) is 6.69. The van der Waals surface area contributed by atoms with E-state index in [1.165, 1.54) is 4.90 Å². The van der Waals surface area contributed by atoms with Crippen molar-refractivity contribution in [3.05, 3.63) is 101 Å². The van der Waals surface area contributed by atoms with Crippen molar-refractivity contribution in [2.45, 2.75) is 39.5 Å². The van der Waals surface area contributed by atoms with Gasteiger partial charge in [0.05, 0.1) is 6.54 Å². The number of anilines is 1. The zero-order valence-electron chi connectivity index (χ0n) is 20.7. The minimum Gasteiger partial charge on any atom is -0.438 e. The van der Waals surface area contributed by atoms with Crippen molar-refractivity contribution < 1.29 is 19.1 Å². The third kappa shape index (κ3) is 5.92. The highest BCUT2D eigenvalue weighted by Crippen LogP contribution is 2.35. The van der Waals surface area contributed by atoms with E-state index < -0.39 is 18.2 Å². The number of rotatable bonds is 8. The van der Waals surface area contributed by atoms with Gasteiger partial charge in [0.2, 0.25) is 5.91 Å². The smallest absolute Gasteiger partial charge is 0.411 e. The maximum absolute atomic E-state index is 13.3. The van der Waals surface area contributed by atoms with Crippen molar-refractivity contribution in [1.29, 1.82) is 0 Å². The molecule has 3 aromatic rings. The van der Waals surface area contributed by atoms with Crippen LogP contribution in [0.4, 0.5) is 10.5 Å². The highest BCUT2D eigenvalue weighted by atomic mass is 16.6.